The molecule has 0 aliphatic rings. The Labute approximate surface area is 136 Å². The van der Waals surface area contributed by atoms with Crippen molar-refractivity contribution in [1.29, 1.82) is 0 Å². The third-order valence-corrected chi connectivity index (χ3v) is 1.85. The Morgan fingerprint density at radius 2 is 1.45 bits per heavy atom. The first kappa shape index (κ1) is 21.7. The van der Waals surface area contributed by atoms with Crippen LogP contribution in [-0.4, -0.2) is 9.97 Å². The summed E-state index contributed by atoms with van der Waals surface area (Å²) in [6.45, 7) is 11.6. The van der Waals surface area contributed by atoms with Crippen molar-refractivity contribution in [2.75, 3.05) is 0 Å². The zero-order chi connectivity index (χ0) is 17.1. The monoisotopic (exact) mass is 294 g/mol. The average Bonchev–Trinajstić information content (AvgIpc) is 2.62. The highest BCUT2D eigenvalue weighted by atomic mass is 14.6. The van der Waals surface area contributed by atoms with Gasteiger partial charge in [0.25, 0.3) is 0 Å². The first-order valence-corrected chi connectivity index (χ1v) is 7.53. The summed E-state index contributed by atoms with van der Waals surface area (Å²) in [6, 6.07) is 9.49. The predicted octanol–water partition coefficient (Wildman–Crippen LogP) is 4.96. The van der Waals surface area contributed by atoms with Gasteiger partial charge in [0.2, 0.25) is 0 Å². The van der Waals surface area contributed by atoms with Crippen molar-refractivity contribution in [3.05, 3.63) is 60.2 Å². The van der Waals surface area contributed by atoms with Crippen molar-refractivity contribution in [3.8, 4) is 23.7 Å². The van der Waals surface area contributed by atoms with Crippen LogP contribution in [0.1, 0.15) is 52.8 Å². The van der Waals surface area contributed by atoms with E-state index < -0.39 is 0 Å². The Hall–Kier alpha value is -2.58. The van der Waals surface area contributed by atoms with Gasteiger partial charge < -0.3 is 0 Å². The van der Waals surface area contributed by atoms with Crippen molar-refractivity contribution in [2.24, 2.45) is 0 Å². The number of pyridine rings is 2. The van der Waals surface area contributed by atoms with Gasteiger partial charge in [-0.3, -0.25) is 4.98 Å². The molecule has 0 atom stereocenters. The second-order valence-corrected chi connectivity index (χ2v) is 3.21. The zero-order valence-corrected chi connectivity index (χ0v) is 14.5. The molecule has 0 spiro atoms. The van der Waals surface area contributed by atoms with Gasteiger partial charge in [0, 0.05) is 24.2 Å². The fourth-order valence-electron chi connectivity index (χ4n) is 1.15. The van der Waals surface area contributed by atoms with Gasteiger partial charge in [0.1, 0.15) is 5.69 Å². The fraction of sp³-hybridized carbons (Fsp3) is 0.300. The highest BCUT2D eigenvalue weighted by molar-refractivity contribution is 5.30. The van der Waals surface area contributed by atoms with Crippen LogP contribution >= 0.6 is 0 Å². The Balaban J connectivity index is 0. The van der Waals surface area contributed by atoms with Gasteiger partial charge in [-0.2, -0.15) is 0 Å². The summed E-state index contributed by atoms with van der Waals surface area (Å²) < 4.78 is 0. The zero-order valence-electron chi connectivity index (χ0n) is 14.5. The van der Waals surface area contributed by atoms with Crippen LogP contribution in [0.4, 0.5) is 0 Å². The van der Waals surface area contributed by atoms with Gasteiger partial charge >= 0.3 is 0 Å². The quantitative estimate of drug-likeness (QED) is 0.642. The molecule has 2 heterocycles. The minimum atomic E-state index is 0.833. The molecule has 0 unspecified atom stereocenters. The molecule has 0 amide bonds. The van der Waals surface area contributed by atoms with Gasteiger partial charge in [-0.15, -0.1) is 5.92 Å². The molecule has 2 nitrogen and oxygen atoms in total. The van der Waals surface area contributed by atoms with Crippen LogP contribution < -0.4 is 0 Å². The third-order valence-electron chi connectivity index (χ3n) is 1.85. The maximum Gasteiger partial charge on any atom is 0.113 e. The summed E-state index contributed by atoms with van der Waals surface area (Å²) >= 11 is 0. The molecular formula is C20H26N2. The molecule has 0 N–H and O–H groups in total. The van der Waals surface area contributed by atoms with Gasteiger partial charge in [0.05, 0.1) is 0 Å². The molecule has 2 aromatic heterocycles. The summed E-state index contributed by atoms with van der Waals surface area (Å²) in [5, 5.41) is 0. The molecule has 0 radical (unpaired) electrons. The number of aromatic nitrogens is 2. The lowest BCUT2D eigenvalue weighted by Crippen LogP contribution is -1.76. The third kappa shape index (κ3) is 12.5. The van der Waals surface area contributed by atoms with E-state index in [1.54, 1.807) is 25.5 Å². The topological polar surface area (TPSA) is 25.8 Å². The maximum absolute atomic E-state index is 3.99. The Kier molecular flexibility index (Phi) is 18.2. The van der Waals surface area contributed by atoms with Crippen LogP contribution in [0, 0.1) is 23.7 Å². The summed E-state index contributed by atoms with van der Waals surface area (Å²) in [5.74, 6) is 11.3. The Bertz CT molecular complexity index is 512. The predicted molar refractivity (Wildman–Crippen MR) is 96.3 cm³/mol. The van der Waals surface area contributed by atoms with Crippen molar-refractivity contribution >= 4 is 0 Å². The van der Waals surface area contributed by atoms with Crippen molar-refractivity contribution in [2.45, 2.75) is 41.5 Å². The molecule has 0 saturated carbocycles. The molecule has 0 aliphatic carbocycles. The van der Waals surface area contributed by atoms with Gasteiger partial charge in [-0.25, -0.2) is 4.98 Å². The summed E-state index contributed by atoms with van der Waals surface area (Å²) in [7, 11) is 0. The lowest BCUT2D eigenvalue weighted by Gasteiger charge is -1.82. The molecule has 22 heavy (non-hydrogen) atoms. The Morgan fingerprint density at radius 3 is 1.91 bits per heavy atom. The normalized spacial score (nSPS) is 6.82. The van der Waals surface area contributed by atoms with E-state index in [0.717, 1.165) is 11.3 Å². The van der Waals surface area contributed by atoms with E-state index in [1.165, 1.54) is 0 Å². The molecular weight excluding hydrogens is 268 g/mol. The minimum Gasteiger partial charge on any atom is -0.263 e. The van der Waals surface area contributed by atoms with Crippen molar-refractivity contribution < 1.29 is 0 Å². The lowest BCUT2D eigenvalue weighted by molar-refractivity contribution is 1.29. The van der Waals surface area contributed by atoms with Crippen LogP contribution in [0.5, 0.6) is 0 Å². The van der Waals surface area contributed by atoms with E-state index in [0.29, 0.717) is 0 Å². The van der Waals surface area contributed by atoms with Crippen LogP contribution in [0.2, 0.25) is 0 Å². The van der Waals surface area contributed by atoms with Crippen molar-refractivity contribution in [1.82, 2.24) is 9.97 Å². The molecule has 2 heteroatoms. The van der Waals surface area contributed by atoms with Gasteiger partial charge in [-0.05, 0) is 44.0 Å². The van der Waals surface area contributed by atoms with Crippen LogP contribution in [0.25, 0.3) is 0 Å². The smallest absolute Gasteiger partial charge is 0.113 e. The number of hydrogen-bond acceptors (Lipinski definition) is 2. The molecule has 116 valence electrons. The number of nitrogens with zero attached hydrogens (tertiary/aromatic N) is 2. The van der Waals surface area contributed by atoms with E-state index in [2.05, 4.69) is 33.6 Å². The SMILES string of the molecule is CC.CC.CC#Cc1ccccn1.CC#Cc1cccnc1. The minimum absolute atomic E-state index is 0.833. The van der Waals surface area contributed by atoms with E-state index in [1.807, 2.05) is 65.0 Å². The second-order valence-electron chi connectivity index (χ2n) is 3.21. The highest BCUT2D eigenvalue weighted by Gasteiger charge is 1.79. The Morgan fingerprint density at radius 1 is 0.773 bits per heavy atom. The van der Waals surface area contributed by atoms with Gasteiger partial charge in [0.15, 0.2) is 0 Å². The number of rotatable bonds is 0. The van der Waals surface area contributed by atoms with E-state index in [-0.39, 0.29) is 0 Å². The lowest BCUT2D eigenvalue weighted by atomic mass is 10.3. The molecule has 2 aromatic rings. The van der Waals surface area contributed by atoms with E-state index >= 15 is 0 Å². The standard InChI is InChI=1S/2C8H7N.2C2H6/c1-2-5-8-6-3-4-7-9-8;1-2-4-8-5-3-6-9-7-8;2*1-2/h3-4,6-7H,1H3;3,5-7H,1H3;2*1-2H3. The molecule has 0 saturated heterocycles. The first-order valence-electron chi connectivity index (χ1n) is 7.53. The molecule has 0 aromatic carbocycles. The fourth-order valence-corrected chi connectivity index (χ4v) is 1.15. The summed E-state index contributed by atoms with van der Waals surface area (Å²) in [6.07, 6.45) is 5.22. The largest absolute Gasteiger partial charge is 0.263 e. The molecule has 2 rings (SSSR count). The average molecular weight is 294 g/mol. The van der Waals surface area contributed by atoms with Crippen LogP contribution in [0.3, 0.4) is 0 Å². The van der Waals surface area contributed by atoms with Crippen molar-refractivity contribution in [3.63, 3.8) is 0 Å². The second kappa shape index (κ2) is 18.4. The van der Waals surface area contributed by atoms with Crippen LogP contribution in [-0.2, 0) is 0 Å². The summed E-state index contributed by atoms with van der Waals surface area (Å²) in [4.78, 5) is 7.90. The van der Waals surface area contributed by atoms with Gasteiger partial charge in [-0.1, -0.05) is 45.6 Å². The molecule has 0 aliphatic heterocycles. The maximum atomic E-state index is 3.99. The van der Waals surface area contributed by atoms with E-state index in [9.17, 15) is 0 Å². The van der Waals surface area contributed by atoms with E-state index in [4.69, 9.17) is 0 Å². The first-order chi connectivity index (χ1) is 10.9. The highest BCUT2D eigenvalue weighted by Crippen LogP contribution is 1.90. The molecule has 0 fully saturated rings. The molecule has 0 bridgehead atoms. The van der Waals surface area contributed by atoms with Crippen LogP contribution in [0.15, 0.2) is 48.9 Å². The number of hydrogen-bond donors (Lipinski definition) is 0. The summed E-state index contributed by atoms with van der Waals surface area (Å²) in [5.41, 5.74) is 1.81.